The second-order valence-electron chi connectivity index (χ2n) is 4.77. The minimum absolute atomic E-state index is 0.525. The van der Waals surface area contributed by atoms with Crippen LogP contribution in [0.3, 0.4) is 0 Å². The zero-order valence-electron chi connectivity index (χ0n) is 11.2. The van der Waals surface area contributed by atoms with Gasteiger partial charge in [-0.15, -0.1) is 0 Å². The quantitative estimate of drug-likeness (QED) is 0.804. The van der Waals surface area contributed by atoms with Gasteiger partial charge in [0, 0.05) is 24.0 Å². The maximum Gasteiger partial charge on any atom is 0.218 e. The van der Waals surface area contributed by atoms with Crippen LogP contribution in [-0.4, -0.2) is 34.5 Å². The van der Waals surface area contributed by atoms with Crippen LogP contribution in [0.25, 0.3) is 0 Å². The first-order valence-corrected chi connectivity index (χ1v) is 7.39. The maximum absolute atomic E-state index is 5.48. The summed E-state index contributed by atoms with van der Waals surface area (Å²) in [6, 6.07) is 1.94. The van der Waals surface area contributed by atoms with Crippen molar-refractivity contribution in [3.63, 3.8) is 0 Å². The highest BCUT2D eigenvalue weighted by Crippen LogP contribution is 2.27. The lowest BCUT2D eigenvalue weighted by molar-refractivity contribution is 0.325. The number of halogens is 1. The van der Waals surface area contributed by atoms with E-state index in [0.29, 0.717) is 17.3 Å². The summed E-state index contributed by atoms with van der Waals surface area (Å²) in [7, 11) is 0. The van der Waals surface area contributed by atoms with Gasteiger partial charge in [0.1, 0.15) is 11.6 Å². The van der Waals surface area contributed by atoms with Gasteiger partial charge in [-0.3, -0.25) is 0 Å². The molecule has 2 atom stereocenters. The van der Waals surface area contributed by atoms with Gasteiger partial charge in [0.15, 0.2) is 0 Å². The summed E-state index contributed by atoms with van der Waals surface area (Å²) in [6.45, 7) is 8.83. The Balaban J connectivity index is 2.17. The lowest BCUT2D eigenvalue weighted by Gasteiger charge is -2.35. The molecule has 2 rings (SSSR count). The minimum atomic E-state index is 0.525. The van der Waals surface area contributed by atoms with Crippen molar-refractivity contribution in [3.8, 4) is 5.88 Å². The molecule has 1 saturated heterocycles. The Kier molecular flexibility index (Phi) is 4.43. The highest BCUT2D eigenvalue weighted by atomic mass is 79.9. The number of hydrogen-bond acceptors (Lipinski definition) is 4. The van der Waals surface area contributed by atoms with E-state index in [1.807, 2.05) is 19.9 Å². The van der Waals surface area contributed by atoms with Crippen molar-refractivity contribution in [2.75, 3.05) is 24.6 Å². The summed E-state index contributed by atoms with van der Waals surface area (Å²) in [5.41, 5.74) is 0. The van der Waals surface area contributed by atoms with Crippen molar-refractivity contribution in [1.29, 1.82) is 0 Å². The van der Waals surface area contributed by atoms with E-state index in [1.54, 1.807) is 0 Å². The second-order valence-corrected chi connectivity index (χ2v) is 5.95. The molecule has 0 bridgehead atoms. The van der Waals surface area contributed by atoms with Crippen molar-refractivity contribution in [2.45, 2.75) is 32.0 Å². The molecule has 4 nitrogen and oxygen atoms in total. The number of aromatic nitrogens is 2. The molecule has 1 aliphatic heterocycles. The topological polar surface area (TPSA) is 38.2 Å². The normalized spacial score (nSPS) is 24.1. The van der Waals surface area contributed by atoms with Gasteiger partial charge in [-0.05, 0) is 26.2 Å². The molecule has 1 aromatic rings. The summed E-state index contributed by atoms with van der Waals surface area (Å²) < 4.78 is 5.48. The van der Waals surface area contributed by atoms with E-state index in [4.69, 9.17) is 4.74 Å². The van der Waals surface area contributed by atoms with Gasteiger partial charge in [-0.2, -0.15) is 4.98 Å². The summed E-state index contributed by atoms with van der Waals surface area (Å²) in [5, 5.41) is 0. The van der Waals surface area contributed by atoms with E-state index in [9.17, 15) is 0 Å². The predicted molar refractivity (Wildman–Crippen MR) is 76.6 cm³/mol. The van der Waals surface area contributed by atoms with E-state index >= 15 is 0 Å². The highest BCUT2D eigenvalue weighted by molar-refractivity contribution is 9.09. The van der Waals surface area contributed by atoms with Crippen molar-refractivity contribution in [3.05, 3.63) is 11.9 Å². The molecule has 0 amide bonds. The zero-order valence-corrected chi connectivity index (χ0v) is 12.8. The number of rotatable bonds is 3. The van der Waals surface area contributed by atoms with Gasteiger partial charge in [-0.25, -0.2) is 4.98 Å². The van der Waals surface area contributed by atoms with Crippen molar-refractivity contribution in [2.24, 2.45) is 5.92 Å². The third kappa shape index (κ3) is 3.13. The van der Waals surface area contributed by atoms with Crippen LogP contribution < -0.4 is 9.64 Å². The molecule has 2 unspecified atom stereocenters. The summed E-state index contributed by atoms with van der Waals surface area (Å²) in [6.07, 6.45) is 1.18. The average molecular weight is 314 g/mol. The predicted octanol–water partition coefficient (Wildman–Crippen LogP) is 2.79. The van der Waals surface area contributed by atoms with Gasteiger partial charge in [0.05, 0.1) is 6.61 Å². The van der Waals surface area contributed by atoms with Gasteiger partial charge >= 0.3 is 0 Å². The van der Waals surface area contributed by atoms with Crippen LogP contribution in [-0.2, 0) is 0 Å². The van der Waals surface area contributed by atoms with Gasteiger partial charge < -0.3 is 9.64 Å². The standard InChI is InChI=1S/C13H20BrN3O/c1-4-18-13-7-12(15-10(3)16-13)17-6-5-9(2)11(14)8-17/h7,9,11H,4-6,8H2,1-3H3. The van der Waals surface area contributed by atoms with E-state index in [-0.39, 0.29) is 0 Å². The first-order valence-electron chi connectivity index (χ1n) is 6.47. The van der Waals surface area contributed by atoms with Crippen LogP contribution in [0.4, 0.5) is 5.82 Å². The number of nitrogens with zero attached hydrogens (tertiary/aromatic N) is 3. The molecule has 0 radical (unpaired) electrons. The van der Waals surface area contributed by atoms with Crippen molar-refractivity contribution >= 4 is 21.7 Å². The number of hydrogen-bond donors (Lipinski definition) is 0. The van der Waals surface area contributed by atoms with E-state index < -0.39 is 0 Å². The molecule has 0 saturated carbocycles. The van der Waals surface area contributed by atoms with Crippen LogP contribution in [0, 0.1) is 12.8 Å². The molecule has 5 heteroatoms. The van der Waals surface area contributed by atoms with E-state index in [2.05, 4.69) is 37.7 Å². The molecule has 0 aromatic carbocycles. The van der Waals surface area contributed by atoms with Crippen LogP contribution in [0.15, 0.2) is 6.07 Å². The fraction of sp³-hybridized carbons (Fsp3) is 0.692. The number of alkyl halides is 1. The Morgan fingerprint density at radius 2 is 2.28 bits per heavy atom. The van der Waals surface area contributed by atoms with Crippen LogP contribution >= 0.6 is 15.9 Å². The summed E-state index contributed by atoms with van der Waals surface area (Å²) in [4.78, 5) is 11.6. The van der Waals surface area contributed by atoms with Crippen LogP contribution in [0.5, 0.6) is 5.88 Å². The number of ether oxygens (including phenoxy) is 1. The lowest BCUT2D eigenvalue weighted by atomic mass is 9.99. The third-order valence-corrected chi connectivity index (χ3v) is 4.48. The Labute approximate surface area is 117 Å². The zero-order chi connectivity index (χ0) is 13.1. The monoisotopic (exact) mass is 313 g/mol. The van der Waals surface area contributed by atoms with Gasteiger partial charge in [0.25, 0.3) is 0 Å². The Morgan fingerprint density at radius 3 is 2.94 bits per heavy atom. The minimum Gasteiger partial charge on any atom is -0.478 e. The van der Waals surface area contributed by atoms with Gasteiger partial charge in [-0.1, -0.05) is 22.9 Å². The van der Waals surface area contributed by atoms with Gasteiger partial charge in [0.2, 0.25) is 5.88 Å². The molecule has 1 aromatic heterocycles. The summed E-state index contributed by atoms with van der Waals surface area (Å²) >= 11 is 3.74. The average Bonchev–Trinajstić information content (AvgIpc) is 2.32. The van der Waals surface area contributed by atoms with Crippen LogP contribution in [0.1, 0.15) is 26.1 Å². The van der Waals surface area contributed by atoms with E-state index in [0.717, 1.165) is 30.6 Å². The first kappa shape index (κ1) is 13.6. The maximum atomic E-state index is 5.48. The molecule has 100 valence electrons. The van der Waals surface area contributed by atoms with Crippen molar-refractivity contribution < 1.29 is 4.74 Å². The lowest BCUT2D eigenvalue weighted by Crippen LogP contribution is -2.40. The molecule has 0 aliphatic carbocycles. The summed E-state index contributed by atoms with van der Waals surface area (Å²) in [5.74, 6) is 3.13. The third-order valence-electron chi connectivity index (χ3n) is 3.28. The number of aryl methyl sites for hydroxylation is 1. The molecule has 2 heterocycles. The molecular weight excluding hydrogens is 294 g/mol. The second kappa shape index (κ2) is 5.87. The molecule has 0 spiro atoms. The molecule has 0 N–H and O–H groups in total. The molecule has 1 aliphatic rings. The SMILES string of the molecule is CCOc1cc(N2CCC(C)C(Br)C2)nc(C)n1. The Hall–Kier alpha value is -0.840. The van der Waals surface area contributed by atoms with Crippen molar-refractivity contribution in [1.82, 2.24) is 9.97 Å². The Bertz CT molecular complexity index is 413. The number of piperidine rings is 1. The largest absolute Gasteiger partial charge is 0.478 e. The first-order chi connectivity index (χ1) is 8.60. The Morgan fingerprint density at radius 1 is 1.50 bits per heavy atom. The fourth-order valence-corrected chi connectivity index (χ4v) is 2.75. The highest BCUT2D eigenvalue weighted by Gasteiger charge is 2.25. The fourth-order valence-electron chi connectivity index (χ4n) is 2.14. The number of anilines is 1. The van der Waals surface area contributed by atoms with E-state index in [1.165, 1.54) is 6.42 Å². The molecule has 1 fully saturated rings. The smallest absolute Gasteiger partial charge is 0.218 e. The molecule has 18 heavy (non-hydrogen) atoms. The molecular formula is C13H20BrN3O. The van der Waals surface area contributed by atoms with Crippen LogP contribution in [0.2, 0.25) is 0 Å².